The fourth-order valence-electron chi connectivity index (χ4n) is 2.70. The average molecular weight is 400 g/mol. The molecule has 0 unspecified atom stereocenters. The molecule has 8 heteroatoms. The Kier molecular flexibility index (Phi) is 5.46. The van der Waals surface area contributed by atoms with E-state index in [9.17, 15) is 14.4 Å². The van der Waals surface area contributed by atoms with Crippen molar-refractivity contribution in [2.75, 3.05) is 5.32 Å². The minimum absolute atomic E-state index is 0.0312. The van der Waals surface area contributed by atoms with E-state index >= 15 is 0 Å². The molecule has 0 bridgehead atoms. The number of fused-ring (bicyclic) bond motifs is 1. The lowest BCUT2D eigenvalue weighted by molar-refractivity contribution is -0.123. The van der Waals surface area contributed by atoms with Crippen LogP contribution in [-0.2, 0) is 16.6 Å². The minimum atomic E-state index is -1.08. The first-order chi connectivity index (χ1) is 13.3. The molecule has 0 radical (unpaired) electrons. The van der Waals surface area contributed by atoms with Crippen molar-refractivity contribution < 1.29 is 14.3 Å². The molecule has 144 valence electrons. The molecule has 28 heavy (non-hydrogen) atoms. The molecule has 1 atom stereocenters. The summed E-state index contributed by atoms with van der Waals surface area (Å²) in [5.41, 5.74) is 0.888. The number of anilines is 1. The van der Waals surface area contributed by atoms with Gasteiger partial charge in [-0.15, -0.1) is 0 Å². The number of benzene rings is 2. The summed E-state index contributed by atoms with van der Waals surface area (Å²) in [6.45, 7) is 3.23. The second kappa shape index (κ2) is 7.82. The highest BCUT2D eigenvalue weighted by Crippen LogP contribution is 2.23. The van der Waals surface area contributed by atoms with Crippen molar-refractivity contribution in [3.05, 3.63) is 69.1 Å². The van der Waals surface area contributed by atoms with Crippen LogP contribution in [0.3, 0.4) is 0 Å². The summed E-state index contributed by atoms with van der Waals surface area (Å²) >= 11 is 6.05. The lowest BCUT2D eigenvalue weighted by Gasteiger charge is -2.15. The molecule has 0 saturated heterocycles. The molecular weight excluding hydrogens is 382 g/mol. The quantitative estimate of drug-likeness (QED) is 0.681. The molecule has 2 aromatic carbocycles. The van der Waals surface area contributed by atoms with Crippen LogP contribution in [0.4, 0.5) is 5.69 Å². The summed E-state index contributed by atoms with van der Waals surface area (Å²) in [4.78, 5) is 37.2. The highest BCUT2D eigenvalue weighted by molar-refractivity contribution is 6.31. The Morgan fingerprint density at radius 3 is 2.54 bits per heavy atom. The summed E-state index contributed by atoms with van der Waals surface area (Å²) in [5.74, 6) is -1.30. The van der Waals surface area contributed by atoms with E-state index in [-0.39, 0.29) is 11.3 Å². The van der Waals surface area contributed by atoms with Crippen LogP contribution in [0.15, 0.2) is 47.3 Å². The van der Waals surface area contributed by atoms with E-state index < -0.39 is 18.0 Å². The first kappa shape index (κ1) is 19.6. The predicted octanol–water partition coefficient (Wildman–Crippen LogP) is 3.08. The first-order valence-electron chi connectivity index (χ1n) is 8.52. The van der Waals surface area contributed by atoms with Gasteiger partial charge < -0.3 is 10.1 Å². The molecule has 7 nitrogen and oxygen atoms in total. The van der Waals surface area contributed by atoms with Gasteiger partial charge in [0, 0.05) is 23.1 Å². The minimum Gasteiger partial charge on any atom is -0.448 e. The van der Waals surface area contributed by atoms with E-state index in [4.69, 9.17) is 16.3 Å². The molecule has 0 fully saturated rings. The van der Waals surface area contributed by atoms with Crippen molar-refractivity contribution >= 4 is 39.9 Å². The Hall–Kier alpha value is -3.19. The van der Waals surface area contributed by atoms with Crippen LogP contribution in [0, 0.1) is 6.92 Å². The van der Waals surface area contributed by atoms with Crippen LogP contribution in [-0.4, -0.2) is 27.8 Å². The van der Waals surface area contributed by atoms with Crippen LogP contribution in [0.1, 0.15) is 23.0 Å². The standard InChI is InChI=1S/C20H18ClN3O4/c1-11-15(21)9-6-10-16(11)22-18(25)12(2)28-20(27)17-13-7-4-5-8-14(13)19(26)24(3)23-17/h4-10,12H,1-3H3,(H,22,25)/t12-/m1/s1. The van der Waals surface area contributed by atoms with Gasteiger partial charge in [-0.3, -0.25) is 9.59 Å². The third-order valence-corrected chi connectivity index (χ3v) is 4.74. The largest absolute Gasteiger partial charge is 0.448 e. The molecule has 0 aliphatic rings. The molecule has 0 saturated carbocycles. The number of ether oxygens (including phenoxy) is 1. The number of carbonyl (C=O) groups excluding carboxylic acids is 2. The second-order valence-corrected chi connectivity index (χ2v) is 6.68. The maximum Gasteiger partial charge on any atom is 0.360 e. The van der Waals surface area contributed by atoms with Gasteiger partial charge in [0.2, 0.25) is 0 Å². The number of carbonyl (C=O) groups is 2. The van der Waals surface area contributed by atoms with E-state index in [1.807, 2.05) is 0 Å². The van der Waals surface area contributed by atoms with Crippen LogP contribution in [0.2, 0.25) is 5.02 Å². The Bertz CT molecular complexity index is 1140. The Labute approximate surface area is 165 Å². The molecule has 1 aromatic heterocycles. The summed E-state index contributed by atoms with van der Waals surface area (Å²) in [5, 5.41) is 7.92. The van der Waals surface area contributed by atoms with E-state index in [2.05, 4.69) is 10.4 Å². The Morgan fingerprint density at radius 1 is 1.14 bits per heavy atom. The highest BCUT2D eigenvalue weighted by atomic mass is 35.5. The zero-order valence-corrected chi connectivity index (χ0v) is 16.3. The Morgan fingerprint density at radius 2 is 1.82 bits per heavy atom. The fraction of sp³-hybridized carbons (Fsp3) is 0.200. The van der Waals surface area contributed by atoms with Crippen molar-refractivity contribution in [3.8, 4) is 0 Å². The second-order valence-electron chi connectivity index (χ2n) is 6.27. The van der Waals surface area contributed by atoms with E-state index in [0.717, 1.165) is 4.68 Å². The van der Waals surface area contributed by atoms with Crippen LogP contribution < -0.4 is 10.9 Å². The van der Waals surface area contributed by atoms with E-state index in [0.29, 0.717) is 27.0 Å². The first-order valence-corrected chi connectivity index (χ1v) is 8.90. The maximum atomic E-state index is 12.6. The lowest BCUT2D eigenvalue weighted by Crippen LogP contribution is -2.31. The number of nitrogens with zero attached hydrogens (tertiary/aromatic N) is 2. The highest BCUT2D eigenvalue weighted by Gasteiger charge is 2.23. The van der Waals surface area contributed by atoms with Crippen molar-refractivity contribution in [1.29, 1.82) is 0 Å². The number of hydrogen-bond donors (Lipinski definition) is 1. The molecule has 0 spiro atoms. The number of rotatable bonds is 4. The van der Waals surface area contributed by atoms with Gasteiger partial charge >= 0.3 is 5.97 Å². The number of amides is 1. The molecule has 0 aliphatic heterocycles. The van der Waals surface area contributed by atoms with Gasteiger partial charge in [-0.25, -0.2) is 9.48 Å². The van der Waals surface area contributed by atoms with Gasteiger partial charge in [0.05, 0.1) is 5.39 Å². The Balaban J connectivity index is 1.82. The van der Waals surface area contributed by atoms with Crippen LogP contribution in [0.25, 0.3) is 10.8 Å². The summed E-state index contributed by atoms with van der Waals surface area (Å²) in [6.07, 6.45) is -1.08. The van der Waals surface area contributed by atoms with E-state index in [1.165, 1.54) is 14.0 Å². The molecule has 1 heterocycles. The smallest absolute Gasteiger partial charge is 0.360 e. The van der Waals surface area contributed by atoms with Gasteiger partial charge in [-0.1, -0.05) is 35.9 Å². The van der Waals surface area contributed by atoms with Gasteiger partial charge in [-0.05, 0) is 37.6 Å². The molecule has 0 aliphatic carbocycles. The van der Waals surface area contributed by atoms with Crippen molar-refractivity contribution in [1.82, 2.24) is 9.78 Å². The number of halogens is 1. The summed E-state index contributed by atoms with van der Waals surface area (Å²) in [6, 6.07) is 11.7. The molecule has 3 rings (SSSR count). The molecular formula is C20H18ClN3O4. The summed E-state index contributed by atoms with van der Waals surface area (Å²) < 4.78 is 6.35. The predicted molar refractivity (Wildman–Crippen MR) is 107 cm³/mol. The number of esters is 1. The van der Waals surface area contributed by atoms with Crippen LogP contribution in [0.5, 0.6) is 0 Å². The third kappa shape index (κ3) is 3.75. The van der Waals surface area contributed by atoms with Crippen molar-refractivity contribution in [2.24, 2.45) is 7.05 Å². The van der Waals surface area contributed by atoms with Crippen molar-refractivity contribution in [3.63, 3.8) is 0 Å². The number of aryl methyl sites for hydroxylation is 1. The monoisotopic (exact) mass is 399 g/mol. The zero-order chi connectivity index (χ0) is 20.4. The lowest BCUT2D eigenvalue weighted by atomic mass is 10.1. The SMILES string of the molecule is Cc1c(Cl)cccc1NC(=O)[C@@H](C)OC(=O)c1nn(C)c(=O)c2ccccc12. The average Bonchev–Trinajstić information content (AvgIpc) is 2.68. The van der Waals surface area contributed by atoms with Crippen molar-refractivity contribution in [2.45, 2.75) is 20.0 Å². The van der Waals surface area contributed by atoms with Gasteiger partial charge in [0.25, 0.3) is 11.5 Å². The number of aromatic nitrogens is 2. The fourth-order valence-corrected chi connectivity index (χ4v) is 2.87. The maximum absolute atomic E-state index is 12.6. The molecule has 1 N–H and O–H groups in total. The van der Waals surface area contributed by atoms with Crippen LogP contribution >= 0.6 is 11.6 Å². The van der Waals surface area contributed by atoms with Gasteiger partial charge in [-0.2, -0.15) is 5.10 Å². The molecule has 3 aromatic rings. The summed E-state index contributed by atoms with van der Waals surface area (Å²) in [7, 11) is 1.45. The van der Waals surface area contributed by atoms with E-state index in [1.54, 1.807) is 49.4 Å². The number of nitrogens with one attached hydrogen (secondary N) is 1. The van der Waals surface area contributed by atoms with Gasteiger partial charge in [0.15, 0.2) is 11.8 Å². The zero-order valence-electron chi connectivity index (χ0n) is 15.5. The van der Waals surface area contributed by atoms with Gasteiger partial charge in [0.1, 0.15) is 0 Å². The normalized spacial score (nSPS) is 11.9. The number of hydrogen-bond acceptors (Lipinski definition) is 5. The third-order valence-electron chi connectivity index (χ3n) is 4.33. The molecule has 1 amide bonds. The topological polar surface area (TPSA) is 90.3 Å².